The van der Waals surface area contributed by atoms with Crippen LogP contribution >= 0.6 is 23.2 Å². The number of aliphatic hydroxyl groups excluding tert-OH is 1. The van der Waals surface area contributed by atoms with E-state index in [1.807, 2.05) is 6.08 Å². The summed E-state index contributed by atoms with van der Waals surface area (Å²) in [7, 11) is 1.32. The largest absolute Gasteiger partial charge is 0.491 e. The zero-order valence-electron chi connectivity index (χ0n) is 22.2. The molecule has 42 heavy (non-hydrogen) atoms. The number of non-ortho nitro benzene ring substituents is 1. The second-order valence-electron chi connectivity index (χ2n) is 10.9. The molecule has 0 radical (unpaired) electrons. The number of fused-ring (bicyclic) bond motifs is 4. The van der Waals surface area contributed by atoms with Crippen LogP contribution in [0.2, 0.25) is 0 Å². The highest BCUT2D eigenvalue weighted by Gasteiger charge is 2.75. The Labute approximate surface area is 249 Å². The van der Waals surface area contributed by atoms with Crippen molar-refractivity contribution in [1.29, 1.82) is 0 Å². The minimum atomic E-state index is -1.90. The Bertz CT molecular complexity index is 1560. The lowest BCUT2D eigenvalue weighted by Crippen LogP contribution is -2.60. The lowest BCUT2D eigenvalue weighted by molar-refractivity contribution is -0.384. The van der Waals surface area contributed by atoms with Crippen molar-refractivity contribution in [2.45, 2.75) is 28.5 Å². The van der Waals surface area contributed by atoms with Gasteiger partial charge in [0.2, 0.25) is 11.8 Å². The van der Waals surface area contributed by atoms with Crippen molar-refractivity contribution in [3.05, 3.63) is 75.9 Å². The predicted molar refractivity (Wildman–Crippen MR) is 150 cm³/mol. The number of carbonyl (C=O) groups excluding carboxylic acids is 4. The second kappa shape index (κ2) is 9.89. The van der Waals surface area contributed by atoms with E-state index >= 15 is 0 Å². The summed E-state index contributed by atoms with van der Waals surface area (Å²) >= 11 is 14.3. The normalized spacial score (nSPS) is 32.0. The third-order valence-corrected chi connectivity index (χ3v) is 10.3. The Morgan fingerprint density at radius 3 is 2.29 bits per heavy atom. The Morgan fingerprint density at radius 1 is 1.00 bits per heavy atom. The van der Waals surface area contributed by atoms with E-state index in [0.717, 1.165) is 9.80 Å². The quantitative estimate of drug-likeness (QED) is 0.172. The van der Waals surface area contributed by atoms with Gasteiger partial charge in [0.1, 0.15) is 12.4 Å². The van der Waals surface area contributed by atoms with Crippen molar-refractivity contribution in [1.82, 2.24) is 4.90 Å². The number of nitrogens with zero attached hydrogens (tertiary/aromatic N) is 3. The minimum absolute atomic E-state index is 0.0858. The van der Waals surface area contributed by atoms with E-state index in [0.29, 0.717) is 16.9 Å². The molecule has 2 aliphatic heterocycles. The molecule has 4 aliphatic rings. The van der Waals surface area contributed by atoms with Gasteiger partial charge in [-0.1, -0.05) is 23.8 Å². The number of rotatable bonds is 6. The van der Waals surface area contributed by atoms with Crippen LogP contribution in [0.1, 0.15) is 24.3 Å². The lowest BCUT2D eigenvalue weighted by Gasteiger charge is -2.50. The first-order chi connectivity index (χ1) is 20.0. The second-order valence-corrected chi connectivity index (χ2v) is 12.2. The average molecular weight is 614 g/mol. The maximum atomic E-state index is 14.0. The van der Waals surface area contributed by atoms with E-state index in [9.17, 15) is 29.3 Å². The third-order valence-electron chi connectivity index (χ3n) is 8.91. The Kier molecular flexibility index (Phi) is 6.67. The van der Waals surface area contributed by atoms with Crippen molar-refractivity contribution in [2.24, 2.45) is 17.8 Å². The van der Waals surface area contributed by atoms with Crippen molar-refractivity contribution >= 4 is 58.2 Å². The van der Waals surface area contributed by atoms with Crippen molar-refractivity contribution < 1.29 is 33.9 Å². The van der Waals surface area contributed by atoms with Crippen LogP contribution in [0.5, 0.6) is 5.75 Å². The summed E-state index contributed by atoms with van der Waals surface area (Å²) in [5.41, 5.74) is 1.24. The molecule has 1 saturated carbocycles. The summed E-state index contributed by atoms with van der Waals surface area (Å²) in [6, 6.07) is 11.9. The van der Waals surface area contributed by atoms with E-state index in [4.69, 9.17) is 33.0 Å². The van der Waals surface area contributed by atoms with Gasteiger partial charge in [0.05, 0.1) is 29.1 Å². The first-order valence-corrected chi connectivity index (χ1v) is 14.1. The summed E-state index contributed by atoms with van der Waals surface area (Å²) < 4.78 is 5.47. The summed E-state index contributed by atoms with van der Waals surface area (Å²) in [6.45, 7) is -0.0872. The fourth-order valence-corrected chi connectivity index (χ4v) is 8.04. The number of anilines is 1. The molecule has 0 spiro atoms. The molecule has 0 bridgehead atoms. The molecule has 4 amide bonds. The van der Waals surface area contributed by atoms with E-state index in [1.54, 1.807) is 24.3 Å². The van der Waals surface area contributed by atoms with Crippen LogP contribution in [-0.4, -0.2) is 68.6 Å². The number of nitro benzene ring substituents is 1. The highest BCUT2D eigenvalue weighted by atomic mass is 35.5. The van der Waals surface area contributed by atoms with Gasteiger partial charge < -0.3 is 9.84 Å². The fraction of sp³-hybridized carbons (Fsp3) is 0.379. The molecule has 6 atom stereocenters. The van der Waals surface area contributed by atoms with Crippen LogP contribution in [-0.2, 0) is 19.2 Å². The number of ether oxygens (including phenoxy) is 1. The number of amides is 4. The Hall–Kier alpha value is -3.80. The van der Waals surface area contributed by atoms with Crippen molar-refractivity contribution in [2.75, 3.05) is 25.2 Å². The highest BCUT2D eigenvalue weighted by Crippen LogP contribution is 2.65. The molecule has 6 unspecified atom stereocenters. The number of benzene rings is 2. The van der Waals surface area contributed by atoms with Crippen molar-refractivity contribution in [3.8, 4) is 5.75 Å². The predicted octanol–water partition coefficient (Wildman–Crippen LogP) is 3.16. The molecule has 218 valence electrons. The van der Waals surface area contributed by atoms with Gasteiger partial charge in [-0.3, -0.25) is 39.1 Å². The molecule has 0 aromatic heterocycles. The monoisotopic (exact) mass is 613 g/mol. The zero-order chi connectivity index (χ0) is 30.1. The Balaban J connectivity index is 1.44. The van der Waals surface area contributed by atoms with Gasteiger partial charge in [-0.2, -0.15) is 0 Å². The lowest BCUT2D eigenvalue weighted by atomic mass is 9.56. The summed E-state index contributed by atoms with van der Waals surface area (Å²) in [5.74, 6) is -5.04. The number of hydrogen-bond acceptors (Lipinski definition) is 8. The number of allylic oxidation sites excluding steroid dienone is 2. The summed E-state index contributed by atoms with van der Waals surface area (Å²) in [6.07, 6.45) is 1.88. The number of halogens is 2. The zero-order valence-corrected chi connectivity index (χ0v) is 23.7. The molecule has 2 saturated heterocycles. The first kappa shape index (κ1) is 28.3. The van der Waals surface area contributed by atoms with Gasteiger partial charge in [-0.25, -0.2) is 0 Å². The summed E-state index contributed by atoms with van der Waals surface area (Å²) in [5, 5.41) is 20.2. The standard InChI is InChI=1S/C29H25Cl2N3O8/c1-32-26(38)28(30)14-21-19(23(29(28,31)27(32)39)15-2-8-18(9-3-15)42-13-12-35)10-11-20-22(21)25(37)33(24(20)36)16-4-6-17(7-5-16)34(40)41/h2-10,20-23,35H,11-14H2,1H3. The number of aliphatic hydroxyl groups is 1. The summed E-state index contributed by atoms with van der Waals surface area (Å²) in [4.78, 5) is 63.4. The van der Waals surface area contributed by atoms with E-state index in [1.165, 1.54) is 31.3 Å². The Morgan fingerprint density at radius 2 is 1.67 bits per heavy atom. The van der Waals surface area contributed by atoms with Gasteiger partial charge in [0, 0.05) is 25.1 Å². The molecule has 6 rings (SSSR count). The molecule has 3 fully saturated rings. The van der Waals surface area contributed by atoms with Crippen LogP contribution in [0.3, 0.4) is 0 Å². The van der Waals surface area contributed by atoms with Crippen LogP contribution in [0.25, 0.3) is 0 Å². The topological polar surface area (TPSA) is 147 Å². The molecule has 13 heteroatoms. The third kappa shape index (κ3) is 3.76. The number of likely N-dealkylation sites (tertiary alicyclic amines) is 1. The van der Waals surface area contributed by atoms with E-state index in [2.05, 4.69) is 0 Å². The van der Waals surface area contributed by atoms with Gasteiger partial charge in [-0.15, -0.1) is 23.2 Å². The maximum Gasteiger partial charge on any atom is 0.269 e. The smallest absolute Gasteiger partial charge is 0.269 e. The van der Waals surface area contributed by atoms with Crippen LogP contribution < -0.4 is 9.64 Å². The van der Waals surface area contributed by atoms with Gasteiger partial charge >= 0.3 is 0 Å². The SMILES string of the molecule is CN1C(=O)C2(Cl)CC3C(=CCC4C(=O)N(c5ccc([N+](=O)[O-])cc5)C(=O)C43)C(c3ccc(OCCO)cc3)C2(Cl)C1=O. The number of alkyl halides is 2. The van der Waals surface area contributed by atoms with Gasteiger partial charge in [0.15, 0.2) is 9.75 Å². The molecule has 2 aromatic carbocycles. The molecule has 1 N–H and O–H groups in total. The van der Waals surface area contributed by atoms with Gasteiger partial charge in [-0.05, 0) is 48.6 Å². The molecule has 11 nitrogen and oxygen atoms in total. The number of carbonyl (C=O) groups is 4. The highest BCUT2D eigenvalue weighted by molar-refractivity contribution is 6.53. The molecule has 2 aromatic rings. The molecular weight excluding hydrogens is 589 g/mol. The molecule has 2 aliphatic carbocycles. The van der Waals surface area contributed by atoms with Crippen LogP contribution in [0.4, 0.5) is 11.4 Å². The number of nitro groups is 1. The molecule has 2 heterocycles. The minimum Gasteiger partial charge on any atom is -0.491 e. The van der Waals surface area contributed by atoms with Crippen molar-refractivity contribution in [3.63, 3.8) is 0 Å². The van der Waals surface area contributed by atoms with E-state index < -0.39 is 62.0 Å². The van der Waals surface area contributed by atoms with Crippen LogP contribution in [0.15, 0.2) is 60.2 Å². The first-order valence-electron chi connectivity index (χ1n) is 13.3. The number of hydrogen-bond donors (Lipinski definition) is 1. The molecular formula is C29H25Cl2N3O8. The number of imide groups is 2. The maximum absolute atomic E-state index is 14.0. The van der Waals surface area contributed by atoms with Gasteiger partial charge in [0.25, 0.3) is 17.5 Å². The van der Waals surface area contributed by atoms with Crippen LogP contribution in [0, 0.1) is 27.9 Å². The fourth-order valence-electron chi connectivity index (χ4n) is 7.02. The average Bonchev–Trinajstić information content (AvgIpc) is 3.31. The van der Waals surface area contributed by atoms with E-state index in [-0.39, 0.29) is 37.4 Å².